The van der Waals surface area contributed by atoms with Crippen LogP contribution in [0.2, 0.25) is 10.0 Å². The fourth-order valence-electron chi connectivity index (χ4n) is 6.72. The van der Waals surface area contributed by atoms with Crippen molar-refractivity contribution in [2.45, 2.75) is 50.2 Å². The first-order chi connectivity index (χ1) is 20.1. The Kier molecular flexibility index (Phi) is 8.17. The number of piperidine rings is 2. The lowest BCUT2D eigenvalue weighted by Crippen LogP contribution is -2.62. The topological polar surface area (TPSA) is 76.2 Å². The van der Waals surface area contributed by atoms with Crippen molar-refractivity contribution >= 4 is 46.6 Å². The second-order valence-corrected chi connectivity index (χ2v) is 12.4. The third-order valence-corrected chi connectivity index (χ3v) is 9.78. The third-order valence-electron chi connectivity index (χ3n) is 8.97. The Balaban J connectivity index is 1.02. The van der Waals surface area contributed by atoms with Crippen molar-refractivity contribution in [2.24, 2.45) is 0 Å². The summed E-state index contributed by atoms with van der Waals surface area (Å²) in [4.78, 5) is 44.1. The molecule has 2 aromatic rings. The molecule has 0 aromatic heterocycles. The number of benzene rings is 2. The molecular weight excluding hydrogens is 587 g/mol. The van der Waals surface area contributed by atoms with E-state index in [9.17, 15) is 14.4 Å². The van der Waals surface area contributed by atoms with Gasteiger partial charge in [0.25, 0.3) is 11.8 Å². The van der Waals surface area contributed by atoms with Gasteiger partial charge in [-0.25, -0.2) is 8.78 Å². The highest BCUT2D eigenvalue weighted by atomic mass is 35.5. The number of halogens is 4. The number of hydrogen-bond acceptors (Lipinski definition) is 6. The summed E-state index contributed by atoms with van der Waals surface area (Å²) >= 11 is 12.5. The molecule has 0 radical (unpaired) electrons. The zero-order valence-corrected chi connectivity index (χ0v) is 24.6. The molecule has 42 heavy (non-hydrogen) atoms. The molecule has 1 N–H and O–H groups in total. The predicted octanol–water partition coefficient (Wildman–Crippen LogP) is 3.83. The van der Waals surface area contributed by atoms with Crippen molar-refractivity contribution in [3.05, 3.63) is 63.1 Å². The normalized spacial score (nSPS) is 25.1. The molecule has 3 amide bonds. The van der Waals surface area contributed by atoms with Gasteiger partial charge < -0.3 is 9.80 Å². The summed E-state index contributed by atoms with van der Waals surface area (Å²) in [5.74, 6) is -3.81. The van der Waals surface area contributed by atoms with E-state index >= 15 is 8.78 Å². The van der Waals surface area contributed by atoms with Crippen LogP contribution in [0.15, 0.2) is 36.4 Å². The highest BCUT2D eigenvalue weighted by molar-refractivity contribution is 6.43. The summed E-state index contributed by atoms with van der Waals surface area (Å²) in [6.07, 6.45) is 1.49. The van der Waals surface area contributed by atoms with Crippen LogP contribution in [-0.2, 0) is 22.6 Å². The first-order valence-electron chi connectivity index (χ1n) is 14.4. The van der Waals surface area contributed by atoms with Gasteiger partial charge in [-0.05, 0) is 48.6 Å². The molecule has 4 aliphatic heterocycles. The standard InChI is InChI=1S/C30H33Cl2F2N5O3/c31-22-2-1-3-23(27(22)32)37-12-14-38(15-13-37)25-9-11-36(18-30(25,33)34)10-8-19-4-5-21-20(16-19)17-39(29(21)42)24-6-7-26(40)35-28(24)41/h1-5,16,24-25H,6-15,17-18H2,(H,35,40,41). The second kappa shape index (κ2) is 11.7. The molecule has 2 unspecified atom stereocenters. The number of hydrogen-bond donors (Lipinski definition) is 1. The van der Waals surface area contributed by atoms with Gasteiger partial charge in [0.2, 0.25) is 11.8 Å². The lowest BCUT2D eigenvalue weighted by Gasteiger charge is -2.46. The zero-order valence-electron chi connectivity index (χ0n) is 23.1. The SMILES string of the molecule is O=C1CCC(N2Cc3cc(CCN4CCC(N5CCN(c6cccc(Cl)c6Cl)CC5)C(F)(F)C4)ccc3C2=O)C(=O)N1. The van der Waals surface area contributed by atoms with Crippen molar-refractivity contribution in [3.63, 3.8) is 0 Å². The molecule has 4 heterocycles. The summed E-state index contributed by atoms with van der Waals surface area (Å²) in [7, 11) is 0. The number of imide groups is 1. The number of anilines is 1. The number of nitrogens with one attached hydrogen (secondary N) is 1. The first-order valence-corrected chi connectivity index (χ1v) is 15.2. The molecule has 3 saturated heterocycles. The van der Waals surface area contributed by atoms with E-state index in [4.69, 9.17) is 23.2 Å². The molecule has 0 aliphatic carbocycles. The number of rotatable bonds is 6. The summed E-state index contributed by atoms with van der Waals surface area (Å²) in [5.41, 5.74) is 3.18. The molecule has 6 rings (SSSR count). The number of alkyl halides is 2. The van der Waals surface area contributed by atoms with Crippen molar-refractivity contribution in [1.29, 1.82) is 0 Å². The van der Waals surface area contributed by atoms with E-state index in [-0.39, 0.29) is 24.8 Å². The maximum absolute atomic E-state index is 15.4. The number of carbonyl (C=O) groups is 3. The van der Waals surface area contributed by atoms with Gasteiger partial charge >= 0.3 is 0 Å². The molecule has 0 bridgehead atoms. The fourth-order valence-corrected chi connectivity index (χ4v) is 7.14. The number of carbonyl (C=O) groups excluding carboxylic acids is 3. The van der Waals surface area contributed by atoms with Crippen LogP contribution in [0.4, 0.5) is 14.5 Å². The van der Waals surface area contributed by atoms with Crippen molar-refractivity contribution in [2.75, 3.05) is 50.7 Å². The minimum absolute atomic E-state index is 0.206. The first kappa shape index (κ1) is 29.3. The average Bonchev–Trinajstić information content (AvgIpc) is 3.28. The third kappa shape index (κ3) is 5.74. The van der Waals surface area contributed by atoms with E-state index < -0.39 is 23.9 Å². The second-order valence-electron chi connectivity index (χ2n) is 11.6. The molecule has 4 aliphatic rings. The number of likely N-dealkylation sites (tertiary alicyclic amines) is 1. The van der Waals surface area contributed by atoms with Crippen molar-refractivity contribution in [1.82, 2.24) is 20.0 Å². The monoisotopic (exact) mass is 619 g/mol. The summed E-state index contributed by atoms with van der Waals surface area (Å²) in [6, 6.07) is 9.60. The number of nitrogens with zero attached hydrogens (tertiary/aromatic N) is 4. The van der Waals surface area contributed by atoms with Crippen LogP contribution in [0, 0.1) is 0 Å². The number of piperazine rings is 1. The quantitative estimate of drug-likeness (QED) is 0.496. The summed E-state index contributed by atoms with van der Waals surface area (Å²) in [6.45, 7) is 3.38. The van der Waals surface area contributed by atoms with Gasteiger partial charge in [-0.2, -0.15) is 0 Å². The van der Waals surface area contributed by atoms with Gasteiger partial charge in [-0.15, -0.1) is 0 Å². The minimum Gasteiger partial charge on any atom is -0.368 e. The van der Waals surface area contributed by atoms with Gasteiger partial charge in [0, 0.05) is 57.8 Å². The van der Waals surface area contributed by atoms with Crippen LogP contribution in [0.5, 0.6) is 0 Å². The molecule has 8 nitrogen and oxygen atoms in total. The lowest BCUT2D eigenvalue weighted by molar-refractivity contribution is -0.137. The van der Waals surface area contributed by atoms with Crippen LogP contribution in [0.3, 0.4) is 0 Å². The largest absolute Gasteiger partial charge is 0.368 e. The molecule has 3 fully saturated rings. The van der Waals surface area contributed by atoms with Crippen LogP contribution < -0.4 is 10.2 Å². The van der Waals surface area contributed by atoms with Crippen LogP contribution in [-0.4, -0.2) is 96.2 Å². The smallest absolute Gasteiger partial charge is 0.275 e. The van der Waals surface area contributed by atoms with E-state index in [0.717, 1.165) is 16.8 Å². The molecule has 224 valence electrons. The number of fused-ring (bicyclic) bond motifs is 1. The van der Waals surface area contributed by atoms with Gasteiger partial charge in [-0.3, -0.25) is 29.5 Å². The fraction of sp³-hybridized carbons (Fsp3) is 0.500. The molecule has 12 heteroatoms. The van der Waals surface area contributed by atoms with E-state index in [2.05, 4.69) is 10.2 Å². The van der Waals surface area contributed by atoms with Gasteiger partial charge in [0.05, 0.1) is 28.3 Å². The van der Waals surface area contributed by atoms with E-state index in [1.54, 1.807) is 12.1 Å². The lowest BCUT2D eigenvalue weighted by atomic mass is 9.97. The molecule has 0 spiro atoms. The van der Waals surface area contributed by atoms with Gasteiger partial charge in [0.1, 0.15) is 6.04 Å². The molecule has 0 saturated carbocycles. The summed E-state index contributed by atoms with van der Waals surface area (Å²) < 4.78 is 30.9. The Morgan fingerprint density at radius 3 is 2.50 bits per heavy atom. The Bertz CT molecular complexity index is 1400. The Hall–Kier alpha value is -2.79. The van der Waals surface area contributed by atoms with Gasteiger partial charge in [0.15, 0.2) is 0 Å². The van der Waals surface area contributed by atoms with E-state index in [0.29, 0.717) is 80.7 Å². The van der Waals surface area contributed by atoms with Crippen LogP contribution in [0.1, 0.15) is 40.7 Å². The van der Waals surface area contributed by atoms with E-state index in [1.807, 2.05) is 34.1 Å². The molecule has 2 atom stereocenters. The summed E-state index contributed by atoms with van der Waals surface area (Å²) in [5, 5.41) is 3.29. The molecule has 2 aromatic carbocycles. The zero-order chi connectivity index (χ0) is 29.6. The van der Waals surface area contributed by atoms with Crippen molar-refractivity contribution in [3.8, 4) is 0 Å². The predicted molar refractivity (Wildman–Crippen MR) is 156 cm³/mol. The van der Waals surface area contributed by atoms with Crippen LogP contribution >= 0.6 is 23.2 Å². The molecular formula is C30H33Cl2F2N5O3. The average molecular weight is 621 g/mol. The number of amides is 3. The highest BCUT2D eigenvalue weighted by Gasteiger charge is 2.48. The maximum Gasteiger partial charge on any atom is 0.275 e. The van der Waals surface area contributed by atoms with Gasteiger partial charge in [-0.1, -0.05) is 41.4 Å². The Morgan fingerprint density at radius 1 is 0.976 bits per heavy atom. The Morgan fingerprint density at radius 2 is 1.76 bits per heavy atom. The maximum atomic E-state index is 15.4. The van der Waals surface area contributed by atoms with Crippen LogP contribution in [0.25, 0.3) is 0 Å². The van der Waals surface area contributed by atoms with E-state index in [1.165, 1.54) is 4.90 Å². The highest BCUT2D eigenvalue weighted by Crippen LogP contribution is 2.36. The minimum atomic E-state index is -2.83. The van der Waals surface area contributed by atoms with Crippen molar-refractivity contribution < 1.29 is 23.2 Å². The Labute approximate surface area is 253 Å².